The number of nitrogens with zero attached hydrogens (tertiary/aromatic N) is 4. The largest absolute Gasteiger partial charge is 0.394 e. The molecule has 0 spiro atoms. The molecule has 0 amide bonds. The van der Waals surface area contributed by atoms with Gasteiger partial charge in [0.25, 0.3) is 0 Å². The van der Waals surface area contributed by atoms with E-state index in [0.717, 1.165) is 12.8 Å². The number of hydrogen-bond acceptors (Lipinski definition) is 9. The van der Waals surface area contributed by atoms with E-state index >= 15 is 0 Å². The van der Waals surface area contributed by atoms with Crippen molar-refractivity contribution in [2.75, 3.05) is 20.4 Å². The van der Waals surface area contributed by atoms with Gasteiger partial charge in [0.05, 0.1) is 6.61 Å². The minimum Gasteiger partial charge on any atom is -0.394 e. The standard InChI is InChI=1S/C16H27N5O4/c1-4-5-6-16(17)13-14(19-9(2)20-16)21(8-18-13)15-12(24-3)11(23)10(7-22)25-15/h10-12,15,22-23H,4-8,17H2,1-3H3/t10-,11-,12-,15-,16?/m1/s1. The molecule has 0 saturated carbocycles. The lowest BCUT2D eigenvalue weighted by molar-refractivity contribution is -0.0765. The molecule has 0 aliphatic carbocycles. The average Bonchev–Trinajstić information content (AvgIpc) is 3.13. The summed E-state index contributed by atoms with van der Waals surface area (Å²) >= 11 is 0. The summed E-state index contributed by atoms with van der Waals surface area (Å²) in [6.45, 7) is 3.93. The first-order chi connectivity index (χ1) is 11.9. The minimum atomic E-state index is -0.925. The molecule has 25 heavy (non-hydrogen) atoms. The SMILES string of the molecule is CCCCC1(N)N=C(C)N=C2C1=NCN2[C@@H]1O[C@H](CO)[C@@H](O)[C@H]1OC. The number of rotatable bonds is 6. The highest BCUT2D eigenvalue weighted by Crippen LogP contribution is 2.31. The van der Waals surface area contributed by atoms with E-state index in [-0.39, 0.29) is 6.61 Å². The average molecular weight is 353 g/mol. The van der Waals surface area contributed by atoms with Crippen molar-refractivity contribution in [1.29, 1.82) is 0 Å². The monoisotopic (exact) mass is 353 g/mol. The van der Waals surface area contributed by atoms with Gasteiger partial charge in [-0.05, 0) is 19.8 Å². The Morgan fingerprint density at radius 1 is 1.48 bits per heavy atom. The molecule has 9 heteroatoms. The smallest absolute Gasteiger partial charge is 0.162 e. The van der Waals surface area contributed by atoms with Gasteiger partial charge in [0.15, 0.2) is 17.7 Å². The zero-order valence-electron chi connectivity index (χ0n) is 14.9. The molecule has 0 bridgehead atoms. The molecule has 1 saturated heterocycles. The summed E-state index contributed by atoms with van der Waals surface area (Å²) in [6.07, 6.45) is -0.209. The summed E-state index contributed by atoms with van der Waals surface area (Å²) < 4.78 is 11.2. The second kappa shape index (κ2) is 7.08. The summed E-state index contributed by atoms with van der Waals surface area (Å²) in [7, 11) is 1.51. The lowest BCUT2D eigenvalue weighted by atomic mass is 9.96. The van der Waals surface area contributed by atoms with Crippen molar-refractivity contribution >= 4 is 17.4 Å². The molecule has 1 unspecified atom stereocenters. The first-order valence-corrected chi connectivity index (χ1v) is 8.68. The molecular weight excluding hydrogens is 326 g/mol. The van der Waals surface area contributed by atoms with E-state index in [0.29, 0.717) is 30.5 Å². The Hall–Kier alpha value is -1.39. The number of fused-ring (bicyclic) bond motifs is 1. The van der Waals surface area contributed by atoms with Gasteiger partial charge >= 0.3 is 0 Å². The highest BCUT2D eigenvalue weighted by atomic mass is 16.6. The zero-order chi connectivity index (χ0) is 18.2. The Morgan fingerprint density at radius 2 is 2.24 bits per heavy atom. The molecule has 3 aliphatic rings. The molecule has 3 aliphatic heterocycles. The summed E-state index contributed by atoms with van der Waals surface area (Å²) in [5.41, 5.74) is 6.30. The zero-order valence-corrected chi connectivity index (χ0v) is 14.9. The maximum atomic E-state index is 10.3. The van der Waals surface area contributed by atoms with Crippen LogP contribution in [-0.4, -0.2) is 83.1 Å². The first kappa shape index (κ1) is 18.4. The molecule has 0 aromatic heterocycles. The molecule has 3 rings (SSSR count). The predicted octanol–water partition coefficient (Wildman–Crippen LogP) is -0.531. The Kier molecular flexibility index (Phi) is 5.21. The number of nitrogens with two attached hydrogens (primary N) is 1. The van der Waals surface area contributed by atoms with Crippen LogP contribution in [0, 0.1) is 0 Å². The van der Waals surface area contributed by atoms with Gasteiger partial charge in [-0.15, -0.1) is 0 Å². The van der Waals surface area contributed by atoms with Gasteiger partial charge in [-0.2, -0.15) is 0 Å². The summed E-state index contributed by atoms with van der Waals surface area (Å²) in [6, 6.07) is 0. The predicted molar refractivity (Wildman–Crippen MR) is 93.7 cm³/mol. The highest BCUT2D eigenvalue weighted by Gasteiger charge is 2.51. The van der Waals surface area contributed by atoms with Gasteiger partial charge in [0, 0.05) is 7.11 Å². The number of methoxy groups -OCH3 is 1. The maximum absolute atomic E-state index is 10.3. The van der Waals surface area contributed by atoms with Crippen molar-refractivity contribution in [2.45, 2.75) is 63.3 Å². The molecule has 5 atom stereocenters. The fourth-order valence-electron chi connectivity index (χ4n) is 3.58. The number of ether oxygens (including phenoxy) is 2. The Labute approximate surface area is 147 Å². The van der Waals surface area contributed by atoms with Gasteiger partial charge in [-0.1, -0.05) is 13.3 Å². The van der Waals surface area contributed by atoms with Crippen LogP contribution in [0.25, 0.3) is 0 Å². The quantitative estimate of drug-likeness (QED) is 0.589. The molecule has 1 fully saturated rings. The van der Waals surface area contributed by atoms with Gasteiger partial charge in [-0.25, -0.2) is 9.98 Å². The van der Waals surface area contributed by atoms with Crippen LogP contribution in [-0.2, 0) is 9.47 Å². The Morgan fingerprint density at radius 3 is 2.88 bits per heavy atom. The van der Waals surface area contributed by atoms with E-state index in [4.69, 9.17) is 15.2 Å². The number of aliphatic hydroxyl groups excluding tert-OH is 2. The van der Waals surface area contributed by atoms with Crippen molar-refractivity contribution in [2.24, 2.45) is 20.7 Å². The molecule has 0 radical (unpaired) electrons. The van der Waals surface area contributed by atoms with Crippen molar-refractivity contribution in [3.63, 3.8) is 0 Å². The van der Waals surface area contributed by atoms with Crippen LogP contribution in [0.3, 0.4) is 0 Å². The van der Waals surface area contributed by atoms with Crippen LogP contribution < -0.4 is 5.73 Å². The summed E-state index contributed by atoms with van der Waals surface area (Å²) in [4.78, 5) is 15.4. The number of amidine groups is 2. The first-order valence-electron chi connectivity index (χ1n) is 8.68. The van der Waals surface area contributed by atoms with Crippen molar-refractivity contribution in [3.8, 4) is 0 Å². The van der Waals surface area contributed by atoms with Crippen molar-refractivity contribution < 1.29 is 19.7 Å². The third-order valence-corrected chi connectivity index (χ3v) is 4.89. The van der Waals surface area contributed by atoms with Gasteiger partial charge < -0.3 is 30.3 Å². The summed E-state index contributed by atoms with van der Waals surface area (Å²) in [5.74, 6) is 1.20. The van der Waals surface area contributed by atoms with Crippen LogP contribution in [0.1, 0.15) is 33.1 Å². The fraction of sp³-hybridized carbons (Fsp3) is 0.812. The highest BCUT2D eigenvalue weighted by molar-refractivity contribution is 6.48. The molecule has 0 aromatic rings. The number of hydrogen-bond donors (Lipinski definition) is 3. The van der Waals surface area contributed by atoms with E-state index in [9.17, 15) is 10.2 Å². The normalized spacial score (nSPS) is 37.7. The number of unbranched alkanes of at least 4 members (excludes halogenated alkanes) is 1. The topological polar surface area (TPSA) is 125 Å². The molecule has 140 valence electrons. The van der Waals surface area contributed by atoms with Crippen LogP contribution in [0.2, 0.25) is 0 Å². The number of aliphatic hydroxyl groups is 2. The molecule has 3 heterocycles. The van der Waals surface area contributed by atoms with Crippen LogP contribution in [0.5, 0.6) is 0 Å². The maximum Gasteiger partial charge on any atom is 0.162 e. The lowest BCUT2D eigenvalue weighted by Gasteiger charge is -2.34. The van der Waals surface area contributed by atoms with Crippen LogP contribution >= 0.6 is 0 Å². The fourth-order valence-corrected chi connectivity index (χ4v) is 3.58. The third-order valence-electron chi connectivity index (χ3n) is 4.89. The second-order valence-corrected chi connectivity index (χ2v) is 6.68. The molecule has 0 aromatic carbocycles. The second-order valence-electron chi connectivity index (χ2n) is 6.68. The van der Waals surface area contributed by atoms with Gasteiger partial charge in [-0.3, -0.25) is 4.99 Å². The summed E-state index contributed by atoms with van der Waals surface area (Å²) in [5, 5.41) is 19.7. The Balaban J connectivity index is 1.87. The van der Waals surface area contributed by atoms with Crippen molar-refractivity contribution in [1.82, 2.24) is 4.90 Å². The third kappa shape index (κ3) is 3.11. The Bertz CT molecular complexity index is 607. The number of aliphatic imine (C=N–C) groups is 3. The van der Waals surface area contributed by atoms with E-state index < -0.39 is 30.2 Å². The van der Waals surface area contributed by atoms with E-state index in [1.807, 2.05) is 11.8 Å². The van der Waals surface area contributed by atoms with E-state index in [2.05, 4.69) is 21.9 Å². The molecule has 4 N–H and O–H groups in total. The van der Waals surface area contributed by atoms with Crippen LogP contribution in [0.15, 0.2) is 15.0 Å². The van der Waals surface area contributed by atoms with E-state index in [1.165, 1.54) is 7.11 Å². The van der Waals surface area contributed by atoms with Gasteiger partial charge in [0.1, 0.15) is 36.5 Å². The molecule has 9 nitrogen and oxygen atoms in total. The lowest BCUT2D eigenvalue weighted by Crippen LogP contribution is -2.56. The molecular formula is C16H27N5O4. The van der Waals surface area contributed by atoms with Crippen molar-refractivity contribution in [3.05, 3.63) is 0 Å². The minimum absolute atomic E-state index is 0.288. The van der Waals surface area contributed by atoms with Gasteiger partial charge in [0.2, 0.25) is 0 Å². The van der Waals surface area contributed by atoms with Crippen LogP contribution in [0.4, 0.5) is 0 Å². The van der Waals surface area contributed by atoms with E-state index in [1.54, 1.807) is 0 Å².